The minimum absolute atomic E-state index is 0.179. The summed E-state index contributed by atoms with van der Waals surface area (Å²) in [5.74, 6) is 0.0645. The first-order valence-electron chi connectivity index (χ1n) is 4.67. The van der Waals surface area contributed by atoms with Gasteiger partial charge in [0.1, 0.15) is 12.1 Å². The number of aromatic amines is 1. The highest BCUT2D eigenvalue weighted by Crippen LogP contribution is 2.09. The van der Waals surface area contributed by atoms with Crippen LogP contribution in [0.15, 0.2) is 30.6 Å². The predicted octanol–water partition coefficient (Wildman–Crippen LogP) is 0.440. The maximum absolute atomic E-state index is 11.5. The van der Waals surface area contributed by atoms with Crippen molar-refractivity contribution in [2.75, 3.05) is 0 Å². The second-order valence-electron chi connectivity index (χ2n) is 3.18. The highest BCUT2D eigenvalue weighted by atomic mass is 16.3. The van der Waals surface area contributed by atoms with Crippen molar-refractivity contribution in [3.63, 3.8) is 0 Å². The van der Waals surface area contributed by atoms with Crippen LogP contribution < -0.4 is 5.32 Å². The number of nitrogens with zero attached hydrogens (tertiary/aromatic N) is 2. The highest BCUT2D eigenvalue weighted by Gasteiger charge is 2.07. The van der Waals surface area contributed by atoms with E-state index in [2.05, 4.69) is 20.5 Å². The number of H-pyrrole nitrogens is 1. The molecule has 1 aromatic heterocycles. The summed E-state index contributed by atoms with van der Waals surface area (Å²) in [5.41, 5.74) is 0.894. The van der Waals surface area contributed by atoms with E-state index >= 15 is 0 Å². The van der Waals surface area contributed by atoms with E-state index < -0.39 is 0 Å². The molecule has 0 aliphatic rings. The molecule has 6 nitrogen and oxygen atoms in total. The lowest BCUT2D eigenvalue weighted by molar-refractivity contribution is 0.0941. The fourth-order valence-electron chi connectivity index (χ4n) is 1.19. The largest absolute Gasteiger partial charge is 0.508 e. The molecule has 0 spiro atoms. The van der Waals surface area contributed by atoms with Crippen LogP contribution in [-0.4, -0.2) is 26.2 Å². The van der Waals surface area contributed by atoms with Gasteiger partial charge < -0.3 is 10.4 Å². The summed E-state index contributed by atoms with van der Waals surface area (Å²) in [7, 11) is 0. The minimum atomic E-state index is -0.314. The number of benzene rings is 1. The van der Waals surface area contributed by atoms with Crippen LogP contribution >= 0.6 is 0 Å². The van der Waals surface area contributed by atoms with Gasteiger partial charge in [0, 0.05) is 6.54 Å². The van der Waals surface area contributed by atoms with Crippen molar-refractivity contribution >= 4 is 5.91 Å². The summed E-state index contributed by atoms with van der Waals surface area (Å²) in [6, 6.07) is 6.60. The van der Waals surface area contributed by atoms with Crippen molar-refractivity contribution in [2.24, 2.45) is 0 Å². The molecule has 0 unspecified atom stereocenters. The monoisotopic (exact) mass is 218 g/mol. The molecule has 0 aliphatic heterocycles. The molecule has 2 aromatic rings. The Labute approximate surface area is 91.3 Å². The predicted molar refractivity (Wildman–Crippen MR) is 55.7 cm³/mol. The Bertz CT molecular complexity index is 464. The molecule has 1 amide bonds. The van der Waals surface area contributed by atoms with E-state index in [1.54, 1.807) is 24.3 Å². The average Bonchev–Trinajstić information content (AvgIpc) is 2.81. The number of phenols is 1. The first-order valence-corrected chi connectivity index (χ1v) is 4.67. The van der Waals surface area contributed by atoms with Crippen LogP contribution in [0.3, 0.4) is 0 Å². The van der Waals surface area contributed by atoms with Gasteiger partial charge in [-0.3, -0.25) is 9.89 Å². The van der Waals surface area contributed by atoms with E-state index in [9.17, 15) is 4.79 Å². The Hall–Kier alpha value is -2.37. The first-order chi connectivity index (χ1) is 7.75. The van der Waals surface area contributed by atoms with E-state index in [1.165, 1.54) is 6.33 Å². The zero-order chi connectivity index (χ0) is 11.4. The second-order valence-corrected chi connectivity index (χ2v) is 3.18. The third kappa shape index (κ3) is 2.35. The molecular formula is C10H10N4O2. The lowest BCUT2D eigenvalue weighted by atomic mass is 10.2. The molecule has 3 N–H and O–H groups in total. The van der Waals surface area contributed by atoms with E-state index in [0.717, 1.165) is 5.56 Å². The van der Waals surface area contributed by atoms with Gasteiger partial charge in [-0.25, -0.2) is 4.98 Å². The van der Waals surface area contributed by atoms with Crippen LogP contribution in [0.2, 0.25) is 0 Å². The van der Waals surface area contributed by atoms with E-state index in [-0.39, 0.29) is 17.5 Å². The number of hydrogen-bond donors (Lipinski definition) is 3. The lowest BCUT2D eigenvalue weighted by Gasteiger charge is -2.02. The summed E-state index contributed by atoms with van der Waals surface area (Å²) >= 11 is 0. The Morgan fingerprint density at radius 3 is 2.75 bits per heavy atom. The molecule has 0 saturated carbocycles. The number of carbonyl (C=O) groups excluding carboxylic acids is 1. The summed E-state index contributed by atoms with van der Waals surface area (Å²) in [6.07, 6.45) is 1.27. The van der Waals surface area contributed by atoms with Crippen LogP contribution in [0.5, 0.6) is 5.75 Å². The third-order valence-electron chi connectivity index (χ3n) is 2.02. The van der Waals surface area contributed by atoms with Crippen molar-refractivity contribution < 1.29 is 9.90 Å². The molecule has 16 heavy (non-hydrogen) atoms. The number of carbonyl (C=O) groups is 1. The van der Waals surface area contributed by atoms with Crippen molar-refractivity contribution in [3.8, 4) is 5.75 Å². The number of rotatable bonds is 3. The van der Waals surface area contributed by atoms with Crippen molar-refractivity contribution in [1.29, 1.82) is 0 Å². The number of aromatic hydroxyl groups is 1. The first kappa shape index (κ1) is 10.2. The average molecular weight is 218 g/mol. The Balaban J connectivity index is 1.93. The molecule has 0 radical (unpaired) electrons. The van der Waals surface area contributed by atoms with E-state index in [4.69, 9.17) is 5.11 Å². The number of nitrogens with one attached hydrogen (secondary N) is 2. The fourth-order valence-corrected chi connectivity index (χ4v) is 1.19. The molecule has 1 heterocycles. The van der Waals surface area contributed by atoms with Crippen LogP contribution in [0, 0.1) is 0 Å². The van der Waals surface area contributed by atoms with Crippen LogP contribution in [0.4, 0.5) is 0 Å². The number of aromatic nitrogens is 3. The van der Waals surface area contributed by atoms with Crippen LogP contribution in [0.25, 0.3) is 0 Å². The van der Waals surface area contributed by atoms with Gasteiger partial charge in [-0.1, -0.05) is 12.1 Å². The van der Waals surface area contributed by atoms with Gasteiger partial charge in [-0.2, -0.15) is 5.10 Å². The van der Waals surface area contributed by atoms with Crippen molar-refractivity contribution in [2.45, 2.75) is 6.54 Å². The van der Waals surface area contributed by atoms with Crippen LogP contribution in [-0.2, 0) is 6.54 Å². The summed E-state index contributed by atoms with van der Waals surface area (Å²) in [4.78, 5) is 15.2. The Kier molecular flexibility index (Phi) is 2.81. The Morgan fingerprint density at radius 1 is 1.38 bits per heavy atom. The van der Waals surface area contributed by atoms with Crippen molar-refractivity contribution in [3.05, 3.63) is 42.0 Å². The zero-order valence-electron chi connectivity index (χ0n) is 8.34. The molecule has 0 saturated heterocycles. The summed E-state index contributed by atoms with van der Waals surface area (Å²) in [6.45, 7) is 0.375. The number of amides is 1. The molecular weight excluding hydrogens is 208 g/mol. The van der Waals surface area contributed by atoms with Gasteiger partial charge >= 0.3 is 0 Å². The molecule has 2 rings (SSSR count). The fraction of sp³-hybridized carbons (Fsp3) is 0.100. The van der Waals surface area contributed by atoms with Gasteiger partial charge in [0.05, 0.1) is 0 Å². The zero-order valence-corrected chi connectivity index (χ0v) is 8.34. The van der Waals surface area contributed by atoms with E-state index in [0.29, 0.717) is 6.54 Å². The van der Waals surface area contributed by atoms with Gasteiger partial charge in [0.2, 0.25) is 5.82 Å². The van der Waals surface area contributed by atoms with Crippen LogP contribution in [0.1, 0.15) is 16.2 Å². The molecule has 6 heteroatoms. The maximum atomic E-state index is 11.5. The molecule has 0 bridgehead atoms. The van der Waals surface area contributed by atoms with Gasteiger partial charge in [0.15, 0.2) is 0 Å². The summed E-state index contributed by atoms with van der Waals surface area (Å²) in [5, 5.41) is 17.8. The molecule has 82 valence electrons. The second kappa shape index (κ2) is 4.43. The Morgan fingerprint density at radius 2 is 2.12 bits per heavy atom. The topological polar surface area (TPSA) is 90.9 Å². The van der Waals surface area contributed by atoms with Gasteiger partial charge in [-0.15, -0.1) is 0 Å². The molecule has 0 aliphatic carbocycles. The molecule has 0 fully saturated rings. The summed E-state index contributed by atoms with van der Waals surface area (Å²) < 4.78 is 0. The smallest absolute Gasteiger partial charge is 0.288 e. The number of hydrogen-bond acceptors (Lipinski definition) is 4. The molecule has 0 atom stereocenters. The lowest BCUT2D eigenvalue weighted by Crippen LogP contribution is -2.23. The highest BCUT2D eigenvalue weighted by molar-refractivity contribution is 5.90. The quantitative estimate of drug-likeness (QED) is 0.697. The maximum Gasteiger partial charge on any atom is 0.288 e. The number of phenolic OH excluding ortho intramolecular Hbond substituents is 1. The van der Waals surface area contributed by atoms with E-state index in [1.807, 2.05) is 0 Å². The normalized spacial score (nSPS) is 10.0. The minimum Gasteiger partial charge on any atom is -0.508 e. The standard InChI is InChI=1S/C10H10N4O2/c15-8-3-1-7(2-4-8)5-11-10(16)9-12-6-13-14-9/h1-4,6,15H,5H2,(H,11,16)(H,12,13,14). The van der Waals surface area contributed by atoms with Gasteiger partial charge in [0.25, 0.3) is 5.91 Å². The van der Waals surface area contributed by atoms with Crippen molar-refractivity contribution in [1.82, 2.24) is 20.5 Å². The molecule has 1 aromatic carbocycles. The van der Waals surface area contributed by atoms with Gasteiger partial charge in [-0.05, 0) is 17.7 Å². The SMILES string of the molecule is O=C(NCc1ccc(O)cc1)c1ncn[nH]1. The third-order valence-corrected chi connectivity index (χ3v) is 2.02.